The van der Waals surface area contributed by atoms with Crippen LogP contribution in [0.15, 0.2) is 47.4 Å². The van der Waals surface area contributed by atoms with Crippen molar-refractivity contribution in [3.8, 4) is 5.75 Å². The Morgan fingerprint density at radius 1 is 1.19 bits per heavy atom. The van der Waals surface area contributed by atoms with E-state index in [2.05, 4.69) is 36.8 Å². The molecule has 1 aliphatic heterocycles. The molecular weight excluding hydrogens is 408 g/mol. The first-order valence-electron chi connectivity index (χ1n) is 11.2. The zero-order chi connectivity index (χ0) is 22.4. The van der Waals surface area contributed by atoms with Crippen LogP contribution < -0.4 is 0 Å². The van der Waals surface area contributed by atoms with E-state index in [1.807, 2.05) is 24.3 Å². The van der Waals surface area contributed by atoms with Crippen LogP contribution in [0.25, 0.3) is 0 Å². The summed E-state index contributed by atoms with van der Waals surface area (Å²) in [5.74, 6) is 0.352. The molecule has 0 amide bonds. The first kappa shape index (κ1) is 22.3. The zero-order valence-corrected chi connectivity index (χ0v) is 19.8. The molecule has 6 heteroatoms. The van der Waals surface area contributed by atoms with Crippen molar-refractivity contribution in [2.45, 2.75) is 55.5 Å². The predicted octanol–water partition coefficient (Wildman–Crippen LogP) is 3.77. The molecular formula is C25H34N2O3S. The Hall–Kier alpha value is -1.89. The lowest BCUT2D eigenvalue weighted by molar-refractivity contribution is 0.0273. The quantitative estimate of drug-likeness (QED) is 0.738. The van der Waals surface area contributed by atoms with Gasteiger partial charge < -0.3 is 10.0 Å². The molecule has 1 heterocycles. The van der Waals surface area contributed by atoms with Crippen LogP contribution in [0.1, 0.15) is 49.4 Å². The maximum absolute atomic E-state index is 11.7. The maximum Gasteiger partial charge on any atom is 0.175 e. The third-order valence-electron chi connectivity index (χ3n) is 7.45. The first-order chi connectivity index (χ1) is 14.6. The molecule has 1 N–H and O–H groups in total. The molecule has 4 rings (SSSR count). The molecule has 1 saturated heterocycles. The highest BCUT2D eigenvalue weighted by Crippen LogP contribution is 2.50. The Morgan fingerprint density at radius 3 is 2.55 bits per heavy atom. The van der Waals surface area contributed by atoms with Crippen molar-refractivity contribution in [2.24, 2.45) is 0 Å². The first-order valence-corrected chi connectivity index (χ1v) is 13.1. The Balaban J connectivity index is 1.61. The van der Waals surface area contributed by atoms with Crippen molar-refractivity contribution in [3.63, 3.8) is 0 Å². The van der Waals surface area contributed by atoms with E-state index >= 15 is 0 Å². The number of nitrogens with zero attached hydrogens (tertiary/aromatic N) is 2. The lowest BCUT2D eigenvalue weighted by Gasteiger charge is -2.54. The number of hydrogen-bond donors (Lipinski definition) is 1. The number of sulfone groups is 1. The Morgan fingerprint density at radius 2 is 1.90 bits per heavy atom. The molecule has 3 atom stereocenters. The lowest BCUT2D eigenvalue weighted by atomic mass is 9.63. The summed E-state index contributed by atoms with van der Waals surface area (Å²) in [6.45, 7) is 7.47. The molecule has 1 aliphatic carbocycles. The van der Waals surface area contributed by atoms with E-state index in [1.165, 1.54) is 17.4 Å². The van der Waals surface area contributed by atoms with Gasteiger partial charge in [-0.3, -0.25) is 4.90 Å². The summed E-state index contributed by atoms with van der Waals surface area (Å²) in [4.78, 5) is 5.42. The Bertz CT molecular complexity index is 1050. The third-order valence-corrected chi connectivity index (χ3v) is 8.58. The standard InChI is InChI=1S/C25H34N2O3S/c1-5-27(14-12-18-6-9-20(10-7-18)31(4,29)30)24-21-11-8-19(28)16-22(21)25(2)13-15-26(3)23(24)17-25/h6-11,16,23-24,28H,5,12-15,17H2,1-4H3. The molecule has 2 aromatic carbocycles. The zero-order valence-electron chi connectivity index (χ0n) is 19.0. The fourth-order valence-electron chi connectivity index (χ4n) is 5.55. The number of aromatic hydroxyl groups is 1. The SMILES string of the molecule is CCN(CCc1ccc(S(C)(=O)=O)cc1)C1c2ccc(O)cc2C2(C)CCN(C)C1C2. The molecule has 2 aromatic rings. The van der Waals surface area contributed by atoms with Gasteiger partial charge in [0, 0.05) is 18.8 Å². The van der Waals surface area contributed by atoms with Crippen LogP contribution in [-0.2, 0) is 21.7 Å². The number of phenolic OH excluding ortho intramolecular Hbond substituents is 1. The van der Waals surface area contributed by atoms with Crippen LogP contribution >= 0.6 is 0 Å². The molecule has 0 radical (unpaired) electrons. The van der Waals surface area contributed by atoms with Crippen molar-refractivity contribution in [3.05, 3.63) is 59.2 Å². The topological polar surface area (TPSA) is 60.9 Å². The van der Waals surface area contributed by atoms with Gasteiger partial charge >= 0.3 is 0 Å². The fraction of sp³-hybridized carbons (Fsp3) is 0.520. The van der Waals surface area contributed by atoms with Gasteiger partial charge in [0.05, 0.1) is 10.9 Å². The van der Waals surface area contributed by atoms with E-state index in [4.69, 9.17) is 0 Å². The molecule has 2 bridgehead atoms. The van der Waals surface area contributed by atoms with Crippen molar-refractivity contribution >= 4 is 9.84 Å². The number of phenols is 1. The highest BCUT2D eigenvalue weighted by atomic mass is 32.2. The van der Waals surface area contributed by atoms with Crippen LogP contribution in [0.3, 0.4) is 0 Å². The second kappa shape index (κ2) is 8.23. The second-order valence-corrected chi connectivity index (χ2v) is 11.6. The van der Waals surface area contributed by atoms with Crippen LogP contribution in [0, 0.1) is 0 Å². The number of hydrogen-bond acceptors (Lipinski definition) is 5. The van der Waals surface area contributed by atoms with Crippen molar-refractivity contribution < 1.29 is 13.5 Å². The van der Waals surface area contributed by atoms with E-state index in [1.54, 1.807) is 12.1 Å². The van der Waals surface area contributed by atoms with Crippen LogP contribution in [-0.4, -0.2) is 62.3 Å². The minimum atomic E-state index is -3.17. The van der Waals surface area contributed by atoms with Crippen molar-refractivity contribution in [1.82, 2.24) is 9.80 Å². The van der Waals surface area contributed by atoms with Crippen molar-refractivity contribution in [1.29, 1.82) is 0 Å². The molecule has 0 spiro atoms. The van der Waals surface area contributed by atoms with Gasteiger partial charge in [-0.05, 0) is 85.8 Å². The van der Waals surface area contributed by atoms with Crippen LogP contribution in [0.5, 0.6) is 5.75 Å². The average molecular weight is 443 g/mol. The van der Waals surface area contributed by atoms with Crippen LogP contribution in [0.4, 0.5) is 0 Å². The van der Waals surface area contributed by atoms with Gasteiger partial charge in [-0.2, -0.15) is 0 Å². The van der Waals surface area contributed by atoms with E-state index in [0.717, 1.165) is 44.5 Å². The van der Waals surface area contributed by atoms with Gasteiger partial charge in [-0.15, -0.1) is 0 Å². The summed E-state index contributed by atoms with van der Waals surface area (Å²) >= 11 is 0. The molecule has 31 heavy (non-hydrogen) atoms. The lowest BCUT2D eigenvalue weighted by Crippen LogP contribution is -2.56. The number of rotatable bonds is 6. The molecule has 3 unspecified atom stereocenters. The summed E-state index contributed by atoms with van der Waals surface area (Å²) in [6, 6.07) is 14.0. The fourth-order valence-corrected chi connectivity index (χ4v) is 6.18. The van der Waals surface area contributed by atoms with E-state index in [-0.39, 0.29) is 11.5 Å². The summed E-state index contributed by atoms with van der Waals surface area (Å²) in [7, 11) is -0.931. The highest BCUT2D eigenvalue weighted by Gasteiger charge is 2.48. The normalized spacial score (nSPS) is 26.1. The molecule has 0 aromatic heterocycles. The number of fused-ring (bicyclic) bond motifs is 4. The van der Waals surface area contributed by atoms with E-state index < -0.39 is 9.84 Å². The third kappa shape index (κ3) is 4.26. The van der Waals surface area contributed by atoms with Crippen LogP contribution in [0.2, 0.25) is 0 Å². The maximum atomic E-state index is 11.7. The van der Waals surface area contributed by atoms with Gasteiger partial charge in [-0.25, -0.2) is 8.42 Å². The minimum Gasteiger partial charge on any atom is -0.508 e. The monoisotopic (exact) mass is 442 g/mol. The Labute approximate surface area is 186 Å². The number of benzene rings is 2. The van der Waals surface area contributed by atoms with Gasteiger partial charge in [0.15, 0.2) is 9.84 Å². The molecule has 168 valence electrons. The van der Waals surface area contributed by atoms with Gasteiger partial charge in [0.25, 0.3) is 0 Å². The highest BCUT2D eigenvalue weighted by molar-refractivity contribution is 7.90. The summed E-state index contributed by atoms with van der Waals surface area (Å²) < 4.78 is 23.5. The average Bonchev–Trinajstić information content (AvgIpc) is 2.73. The largest absolute Gasteiger partial charge is 0.508 e. The van der Waals surface area contributed by atoms with Gasteiger partial charge in [0.2, 0.25) is 0 Å². The summed E-state index contributed by atoms with van der Waals surface area (Å²) in [6.07, 6.45) is 4.33. The summed E-state index contributed by atoms with van der Waals surface area (Å²) in [5.41, 5.74) is 3.91. The van der Waals surface area contributed by atoms with E-state index in [9.17, 15) is 13.5 Å². The number of likely N-dealkylation sites (tertiary alicyclic amines) is 1. The molecule has 2 aliphatic rings. The number of piperidine rings is 1. The second-order valence-electron chi connectivity index (χ2n) is 9.57. The Kier molecular flexibility index (Phi) is 5.92. The predicted molar refractivity (Wildman–Crippen MR) is 124 cm³/mol. The van der Waals surface area contributed by atoms with Gasteiger partial charge in [0.1, 0.15) is 5.75 Å². The molecule has 5 nitrogen and oxygen atoms in total. The summed E-state index contributed by atoms with van der Waals surface area (Å²) in [5, 5.41) is 10.2. The van der Waals surface area contributed by atoms with Crippen molar-refractivity contribution in [2.75, 3.05) is 32.9 Å². The minimum absolute atomic E-state index is 0.114. The smallest absolute Gasteiger partial charge is 0.175 e. The molecule has 0 saturated carbocycles. The van der Waals surface area contributed by atoms with Gasteiger partial charge in [-0.1, -0.05) is 32.0 Å². The van der Waals surface area contributed by atoms with E-state index in [0.29, 0.717) is 16.7 Å². The molecule has 1 fully saturated rings. The number of likely N-dealkylation sites (N-methyl/N-ethyl adjacent to an activating group) is 2.